The number of rotatable bonds is 4. The van der Waals surface area contributed by atoms with Gasteiger partial charge < -0.3 is 10.2 Å². The zero-order chi connectivity index (χ0) is 12.2. The molecular formula is C11H21F3N2. The lowest BCUT2D eigenvalue weighted by atomic mass is 9.97. The van der Waals surface area contributed by atoms with Crippen LogP contribution in [0, 0.1) is 5.92 Å². The number of piperidine rings is 1. The van der Waals surface area contributed by atoms with Gasteiger partial charge in [-0.1, -0.05) is 13.8 Å². The molecule has 0 spiro atoms. The molecule has 5 heteroatoms. The number of hydrogen-bond donors (Lipinski definition) is 1. The molecule has 96 valence electrons. The molecule has 1 N–H and O–H groups in total. The number of likely N-dealkylation sites (tertiary alicyclic amines) is 1. The van der Waals surface area contributed by atoms with Gasteiger partial charge in [-0.3, -0.25) is 0 Å². The minimum absolute atomic E-state index is 0.170. The molecule has 1 unspecified atom stereocenters. The summed E-state index contributed by atoms with van der Waals surface area (Å²) < 4.78 is 37.6. The van der Waals surface area contributed by atoms with Crippen molar-refractivity contribution in [1.29, 1.82) is 0 Å². The standard InChI is InChI=1S/C11H21F3N2/c1-9(2)15-5-7-16-6-3-4-10(8-16)11(12,13)14/h9-10,15H,3-8H2,1-2H3. The zero-order valence-electron chi connectivity index (χ0n) is 9.98. The molecule has 16 heavy (non-hydrogen) atoms. The van der Waals surface area contributed by atoms with E-state index in [-0.39, 0.29) is 13.0 Å². The number of halogens is 3. The van der Waals surface area contributed by atoms with Crippen LogP contribution < -0.4 is 5.32 Å². The van der Waals surface area contributed by atoms with Crippen LogP contribution in [0.5, 0.6) is 0 Å². The smallest absolute Gasteiger partial charge is 0.313 e. The van der Waals surface area contributed by atoms with Crippen LogP contribution >= 0.6 is 0 Å². The quantitative estimate of drug-likeness (QED) is 0.808. The minimum atomic E-state index is -4.02. The topological polar surface area (TPSA) is 15.3 Å². The third-order valence-corrected chi connectivity index (χ3v) is 2.95. The SMILES string of the molecule is CC(C)NCCN1CCCC(C(F)(F)F)C1. The molecule has 0 amide bonds. The number of hydrogen-bond acceptors (Lipinski definition) is 2. The fourth-order valence-electron chi connectivity index (χ4n) is 2.04. The second-order valence-corrected chi connectivity index (χ2v) is 4.79. The summed E-state index contributed by atoms with van der Waals surface area (Å²) in [6.07, 6.45) is -3.08. The summed E-state index contributed by atoms with van der Waals surface area (Å²) in [5.74, 6) is -1.12. The lowest BCUT2D eigenvalue weighted by Gasteiger charge is -2.33. The fourth-order valence-corrected chi connectivity index (χ4v) is 2.04. The van der Waals surface area contributed by atoms with Crippen molar-refractivity contribution >= 4 is 0 Å². The van der Waals surface area contributed by atoms with Crippen molar-refractivity contribution in [1.82, 2.24) is 10.2 Å². The molecule has 1 aliphatic rings. The minimum Gasteiger partial charge on any atom is -0.313 e. The fraction of sp³-hybridized carbons (Fsp3) is 1.00. The van der Waals surface area contributed by atoms with E-state index in [0.717, 1.165) is 13.1 Å². The van der Waals surface area contributed by atoms with E-state index < -0.39 is 12.1 Å². The third kappa shape index (κ3) is 4.70. The van der Waals surface area contributed by atoms with Crippen LogP contribution in [0.15, 0.2) is 0 Å². The highest BCUT2D eigenvalue weighted by molar-refractivity contribution is 4.78. The average Bonchev–Trinajstić information content (AvgIpc) is 2.16. The summed E-state index contributed by atoms with van der Waals surface area (Å²) in [4.78, 5) is 1.91. The molecule has 0 bridgehead atoms. The molecule has 1 atom stereocenters. The molecule has 0 radical (unpaired) electrons. The Bertz CT molecular complexity index is 204. The summed E-state index contributed by atoms with van der Waals surface area (Å²) >= 11 is 0. The maximum absolute atomic E-state index is 12.5. The predicted octanol–water partition coefficient (Wildman–Crippen LogP) is 2.26. The molecule has 1 saturated heterocycles. The highest BCUT2D eigenvalue weighted by Crippen LogP contribution is 2.32. The van der Waals surface area contributed by atoms with Crippen LogP contribution in [-0.4, -0.2) is 43.3 Å². The first kappa shape index (κ1) is 13.8. The number of nitrogens with zero attached hydrogens (tertiary/aromatic N) is 1. The number of nitrogens with one attached hydrogen (secondary N) is 1. The Kier molecular flexibility index (Phi) is 5.05. The molecule has 0 aromatic carbocycles. The van der Waals surface area contributed by atoms with Crippen molar-refractivity contribution < 1.29 is 13.2 Å². The van der Waals surface area contributed by atoms with Gasteiger partial charge in [-0.15, -0.1) is 0 Å². The first-order valence-electron chi connectivity index (χ1n) is 5.92. The van der Waals surface area contributed by atoms with Gasteiger partial charge in [0.05, 0.1) is 5.92 Å². The first-order chi connectivity index (χ1) is 7.39. The van der Waals surface area contributed by atoms with Gasteiger partial charge in [-0.25, -0.2) is 0 Å². The molecule has 2 nitrogen and oxygen atoms in total. The lowest BCUT2D eigenvalue weighted by Crippen LogP contribution is -2.44. The summed E-state index contributed by atoms with van der Waals surface area (Å²) in [5, 5.41) is 3.22. The van der Waals surface area contributed by atoms with Crippen molar-refractivity contribution in [2.45, 2.75) is 38.9 Å². The van der Waals surface area contributed by atoms with Gasteiger partial charge in [-0.2, -0.15) is 13.2 Å². The van der Waals surface area contributed by atoms with Gasteiger partial charge >= 0.3 is 6.18 Å². The van der Waals surface area contributed by atoms with Gasteiger partial charge in [-0.05, 0) is 19.4 Å². The van der Waals surface area contributed by atoms with Crippen LogP contribution in [0.2, 0.25) is 0 Å². The highest BCUT2D eigenvalue weighted by atomic mass is 19.4. The molecule has 0 aliphatic carbocycles. The van der Waals surface area contributed by atoms with Crippen LogP contribution in [-0.2, 0) is 0 Å². The van der Waals surface area contributed by atoms with Gasteiger partial charge in [0, 0.05) is 25.7 Å². The van der Waals surface area contributed by atoms with Gasteiger partial charge in [0.25, 0.3) is 0 Å². The van der Waals surface area contributed by atoms with Gasteiger partial charge in [0.15, 0.2) is 0 Å². The lowest BCUT2D eigenvalue weighted by molar-refractivity contribution is -0.186. The zero-order valence-corrected chi connectivity index (χ0v) is 9.98. The van der Waals surface area contributed by atoms with E-state index in [9.17, 15) is 13.2 Å². The molecule has 1 aliphatic heterocycles. The molecule has 0 aromatic rings. The second kappa shape index (κ2) is 5.87. The second-order valence-electron chi connectivity index (χ2n) is 4.79. The summed E-state index contributed by atoms with van der Waals surface area (Å²) in [7, 11) is 0. The normalized spacial score (nSPS) is 24.0. The van der Waals surface area contributed by atoms with Crippen molar-refractivity contribution in [3.05, 3.63) is 0 Å². The molecule has 1 fully saturated rings. The van der Waals surface area contributed by atoms with Gasteiger partial charge in [0.2, 0.25) is 0 Å². The van der Waals surface area contributed by atoms with E-state index in [2.05, 4.69) is 5.32 Å². The van der Waals surface area contributed by atoms with E-state index in [1.54, 1.807) is 0 Å². The Balaban J connectivity index is 2.28. The van der Waals surface area contributed by atoms with E-state index in [0.29, 0.717) is 19.0 Å². The molecular weight excluding hydrogens is 217 g/mol. The highest BCUT2D eigenvalue weighted by Gasteiger charge is 2.41. The van der Waals surface area contributed by atoms with E-state index in [1.165, 1.54) is 0 Å². The Morgan fingerprint density at radius 3 is 2.62 bits per heavy atom. The maximum atomic E-state index is 12.5. The number of alkyl halides is 3. The molecule has 0 saturated carbocycles. The summed E-state index contributed by atoms with van der Waals surface area (Å²) in [6.45, 7) is 6.52. The third-order valence-electron chi connectivity index (χ3n) is 2.95. The van der Waals surface area contributed by atoms with Crippen LogP contribution in [0.25, 0.3) is 0 Å². The van der Waals surface area contributed by atoms with Crippen LogP contribution in [0.4, 0.5) is 13.2 Å². The van der Waals surface area contributed by atoms with E-state index in [4.69, 9.17) is 0 Å². The summed E-state index contributed by atoms with van der Waals surface area (Å²) in [6, 6.07) is 0.392. The van der Waals surface area contributed by atoms with Crippen molar-refractivity contribution in [2.75, 3.05) is 26.2 Å². The maximum Gasteiger partial charge on any atom is 0.393 e. The largest absolute Gasteiger partial charge is 0.393 e. The molecule has 0 aromatic heterocycles. The van der Waals surface area contributed by atoms with Crippen LogP contribution in [0.3, 0.4) is 0 Å². The van der Waals surface area contributed by atoms with Gasteiger partial charge in [0.1, 0.15) is 0 Å². The first-order valence-corrected chi connectivity index (χ1v) is 5.92. The Morgan fingerprint density at radius 2 is 2.06 bits per heavy atom. The van der Waals surface area contributed by atoms with Crippen molar-refractivity contribution in [3.63, 3.8) is 0 Å². The Labute approximate surface area is 95.2 Å². The van der Waals surface area contributed by atoms with Crippen molar-refractivity contribution in [2.24, 2.45) is 5.92 Å². The van der Waals surface area contributed by atoms with Crippen molar-refractivity contribution in [3.8, 4) is 0 Å². The van der Waals surface area contributed by atoms with E-state index in [1.807, 2.05) is 18.7 Å². The predicted molar refractivity (Wildman–Crippen MR) is 58.4 cm³/mol. The monoisotopic (exact) mass is 238 g/mol. The summed E-state index contributed by atoms with van der Waals surface area (Å²) in [5.41, 5.74) is 0. The Morgan fingerprint density at radius 1 is 1.38 bits per heavy atom. The average molecular weight is 238 g/mol. The molecule has 1 rings (SSSR count). The molecule has 1 heterocycles. The Hall–Kier alpha value is -0.290. The van der Waals surface area contributed by atoms with E-state index >= 15 is 0 Å². The van der Waals surface area contributed by atoms with Crippen LogP contribution in [0.1, 0.15) is 26.7 Å².